The van der Waals surface area contributed by atoms with Gasteiger partial charge in [0.1, 0.15) is 0 Å². The van der Waals surface area contributed by atoms with Crippen LogP contribution in [-0.4, -0.2) is 22.5 Å². The van der Waals surface area contributed by atoms with Crippen molar-refractivity contribution in [2.45, 2.75) is 39.4 Å². The number of hydrogen-bond acceptors (Lipinski definition) is 6. The molecule has 7 heteroatoms. The Kier molecular flexibility index (Phi) is 6.17. The molecular formula is C13H16ClN3S3. The molecule has 108 valence electrons. The third kappa shape index (κ3) is 4.36. The average molecular weight is 346 g/mol. The highest BCUT2D eigenvalue weighted by molar-refractivity contribution is 8.03. The van der Waals surface area contributed by atoms with E-state index in [1.165, 1.54) is 5.56 Å². The Morgan fingerprint density at radius 3 is 2.75 bits per heavy atom. The summed E-state index contributed by atoms with van der Waals surface area (Å²) in [5, 5.41) is 9.05. The van der Waals surface area contributed by atoms with Crippen molar-refractivity contribution >= 4 is 46.5 Å². The van der Waals surface area contributed by atoms with Crippen LogP contribution >= 0.6 is 46.5 Å². The Morgan fingerprint density at radius 2 is 2.10 bits per heavy atom. The van der Waals surface area contributed by atoms with Crippen molar-refractivity contribution in [1.82, 2.24) is 10.2 Å². The molecule has 0 saturated heterocycles. The highest BCUT2D eigenvalue weighted by atomic mass is 35.5. The van der Waals surface area contributed by atoms with Crippen LogP contribution in [0.15, 0.2) is 31.8 Å². The van der Waals surface area contributed by atoms with Gasteiger partial charge in [-0.3, -0.25) is 0 Å². The van der Waals surface area contributed by atoms with Crippen molar-refractivity contribution in [3.63, 3.8) is 0 Å². The topological polar surface area (TPSA) is 51.8 Å². The molecule has 0 bridgehead atoms. The summed E-state index contributed by atoms with van der Waals surface area (Å²) < 4.78 is 1.93. The largest absolute Gasteiger partial charge is 0.327 e. The molecule has 0 saturated carbocycles. The summed E-state index contributed by atoms with van der Waals surface area (Å²) in [6, 6.07) is 6.09. The van der Waals surface area contributed by atoms with Crippen molar-refractivity contribution in [2.24, 2.45) is 5.73 Å². The second-order valence-electron chi connectivity index (χ2n) is 4.26. The van der Waals surface area contributed by atoms with E-state index in [1.807, 2.05) is 24.5 Å². The molecule has 2 aromatic rings. The molecular weight excluding hydrogens is 330 g/mol. The standard InChI is InChI=1S/C13H16ClN3S3/c1-3-10(15)7-8-6-9(14)4-5-11(8)19-13-17-16-12(18-2)20-13/h4-6,10H,3,7,15H2,1-2H3. The average Bonchev–Trinajstić information content (AvgIpc) is 2.89. The van der Waals surface area contributed by atoms with Gasteiger partial charge in [0.2, 0.25) is 0 Å². The lowest BCUT2D eigenvalue weighted by atomic mass is 10.0. The highest BCUT2D eigenvalue weighted by Crippen LogP contribution is 2.36. The molecule has 0 fully saturated rings. The molecule has 0 aliphatic heterocycles. The molecule has 0 amide bonds. The van der Waals surface area contributed by atoms with Gasteiger partial charge in [0, 0.05) is 16.0 Å². The summed E-state index contributed by atoms with van der Waals surface area (Å²) in [6.45, 7) is 2.09. The summed E-state index contributed by atoms with van der Waals surface area (Å²) in [7, 11) is 0. The maximum absolute atomic E-state index is 6.09. The fraction of sp³-hybridized carbons (Fsp3) is 0.385. The van der Waals surface area contributed by atoms with E-state index in [2.05, 4.69) is 17.1 Å². The van der Waals surface area contributed by atoms with Crippen LogP contribution in [0.25, 0.3) is 0 Å². The van der Waals surface area contributed by atoms with Gasteiger partial charge in [0.25, 0.3) is 0 Å². The van der Waals surface area contributed by atoms with Crippen molar-refractivity contribution in [1.29, 1.82) is 0 Å². The first-order valence-electron chi connectivity index (χ1n) is 6.21. The number of aromatic nitrogens is 2. The molecule has 20 heavy (non-hydrogen) atoms. The Bertz CT molecular complexity index is 574. The Labute approximate surface area is 136 Å². The van der Waals surface area contributed by atoms with E-state index in [4.69, 9.17) is 17.3 Å². The summed E-state index contributed by atoms with van der Waals surface area (Å²) in [6.07, 6.45) is 3.78. The van der Waals surface area contributed by atoms with Gasteiger partial charge in [0.05, 0.1) is 0 Å². The van der Waals surface area contributed by atoms with Crippen LogP contribution in [0.3, 0.4) is 0 Å². The molecule has 0 spiro atoms. The number of nitrogens with zero attached hydrogens (tertiary/aromatic N) is 2. The van der Waals surface area contributed by atoms with E-state index in [1.54, 1.807) is 34.9 Å². The van der Waals surface area contributed by atoms with E-state index in [9.17, 15) is 0 Å². The maximum Gasteiger partial charge on any atom is 0.179 e. The molecule has 1 aromatic heterocycles. The number of rotatable bonds is 6. The lowest BCUT2D eigenvalue weighted by Gasteiger charge is -2.12. The van der Waals surface area contributed by atoms with Crippen molar-refractivity contribution in [3.05, 3.63) is 28.8 Å². The number of benzene rings is 1. The summed E-state index contributed by atoms with van der Waals surface area (Å²) >= 11 is 10.9. The lowest BCUT2D eigenvalue weighted by Crippen LogP contribution is -2.21. The molecule has 2 N–H and O–H groups in total. The highest BCUT2D eigenvalue weighted by Gasteiger charge is 2.12. The number of halogens is 1. The monoisotopic (exact) mass is 345 g/mol. The fourth-order valence-corrected chi connectivity index (χ4v) is 4.36. The van der Waals surface area contributed by atoms with Gasteiger partial charge in [-0.15, -0.1) is 10.2 Å². The zero-order chi connectivity index (χ0) is 14.5. The predicted molar refractivity (Wildman–Crippen MR) is 89.2 cm³/mol. The van der Waals surface area contributed by atoms with Gasteiger partial charge in [-0.05, 0) is 42.9 Å². The molecule has 1 atom stereocenters. The molecule has 1 aromatic carbocycles. The normalized spacial score (nSPS) is 12.6. The molecule has 1 heterocycles. The van der Waals surface area contributed by atoms with Gasteiger partial charge >= 0.3 is 0 Å². The van der Waals surface area contributed by atoms with E-state index in [0.29, 0.717) is 0 Å². The number of hydrogen-bond donors (Lipinski definition) is 1. The SMILES string of the molecule is CCC(N)Cc1cc(Cl)ccc1Sc1nnc(SC)s1. The lowest BCUT2D eigenvalue weighted by molar-refractivity contribution is 0.641. The fourth-order valence-electron chi connectivity index (χ4n) is 1.65. The first kappa shape index (κ1) is 16.1. The summed E-state index contributed by atoms with van der Waals surface area (Å²) in [5.41, 5.74) is 7.24. The van der Waals surface area contributed by atoms with Crippen LogP contribution in [0, 0.1) is 0 Å². The molecule has 0 aliphatic rings. The van der Waals surface area contributed by atoms with E-state index in [0.717, 1.165) is 31.4 Å². The smallest absolute Gasteiger partial charge is 0.179 e. The molecule has 2 rings (SSSR count). The van der Waals surface area contributed by atoms with E-state index in [-0.39, 0.29) is 6.04 Å². The minimum absolute atomic E-state index is 0.156. The number of thioether (sulfide) groups is 1. The van der Waals surface area contributed by atoms with Crippen LogP contribution < -0.4 is 5.73 Å². The minimum atomic E-state index is 0.156. The van der Waals surface area contributed by atoms with Crippen molar-refractivity contribution in [3.8, 4) is 0 Å². The van der Waals surface area contributed by atoms with Crippen LogP contribution in [0.5, 0.6) is 0 Å². The van der Waals surface area contributed by atoms with Gasteiger partial charge in [-0.2, -0.15) is 0 Å². The Balaban J connectivity index is 2.21. The zero-order valence-corrected chi connectivity index (χ0v) is 14.5. The van der Waals surface area contributed by atoms with Crippen LogP contribution in [-0.2, 0) is 6.42 Å². The quantitative estimate of drug-likeness (QED) is 0.789. The minimum Gasteiger partial charge on any atom is -0.327 e. The Hall–Kier alpha value is -0.270. The molecule has 1 unspecified atom stereocenters. The third-order valence-electron chi connectivity index (χ3n) is 2.79. The van der Waals surface area contributed by atoms with Crippen LogP contribution in [0.4, 0.5) is 0 Å². The second kappa shape index (κ2) is 7.66. The van der Waals surface area contributed by atoms with Crippen LogP contribution in [0.1, 0.15) is 18.9 Å². The first-order chi connectivity index (χ1) is 9.62. The second-order valence-corrected chi connectivity index (χ2v) is 8.02. The zero-order valence-electron chi connectivity index (χ0n) is 11.3. The molecule has 0 aliphatic carbocycles. The summed E-state index contributed by atoms with van der Waals surface area (Å²) in [4.78, 5) is 1.15. The third-order valence-corrected chi connectivity index (χ3v) is 6.09. The van der Waals surface area contributed by atoms with Crippen LogP contribution in [0.2, 0.25) is 5.02 Å². The number of nitrogens with two attached hydrogens (primary N) is 1. The van der Waals surface area contributed by atoms with Gasteiger partial charge in [0.15, 0.2) is 8.68 Å². The maximum atomic E-state index is 6.09. The predicted octanol–water partition coefficient (Wildman–Crippen LogP) is 4.34. The van der Waals surface area contributed by atoms with E-state index < -0.39 is 0 Å². The van der Waals surface area contributed by atoms with Gasteiger partial charge in [-0.1, -0.05) is 53.4 Å². The van der Waals surface area contributed by atoms with Crippen molar-refractivity contribution < 1.29 is 0 Å². The van der Waals surface area contributed by atoms with Gasteiger partial charge < -0.3 is 5.73 Å². The first-order valence-corrected chi connectivity index (χ1v) is 9.45. The van der Waals surface area contributed by atoms with E-state index >= 15 is 0 Å². The molecule has 0 radical (unpaired) electrons. The van der Waals surface area contributed by atoms with Crippen molar-refractivity contribution in [2.75, 3.05) is 6.26 Å². The van der Waals surface area contributed by atoms with Gasteiger partial charge in [-0.25, -0.2) is 0 Å². The Morgan fingerprint density at radius 1 is 1.35 bits per heavy atom. The summed E-state index contributed by atoms with van der Waals surface area (Å²) in [5.74, 6) is 0. The molecule has 3 nitrogen and oxygen atoms in total.